The van der Waals surface area contributed by atoms with Crippen molar-refractivity contribution in [3.8, 4) is 0 Å². The highest BCUT2D eigenvalue weighted by atomic mass is 79.9. The summed E-state index contributed by atoms with van der Waals surface area (Å²) in [7, 11) is 0. The molecule has 0 aromatic carbocycles. The molecule has 7 heteroatoms. The number of aromatic nitrogens is 2. The Morgan fingerprint density at radius 3 is 2.67 bits per heavy atom. The topological polar surface area (TPSA) is 54.5 Å². The predicted octanol–water partition coefficient (Wildman–Crippen LogP) is 1.70. The number of rotatable bonds is 4. The maximum Gasteiger partial charge on any atom is 0.289 e. The van der Waals surface area contributed by atoms with Crippen LogP contribution >= 0.6 is 15.9 Å². The predicted molar refractivity (Wildman–Crippen MR) is 81.0 cm³/mol. The highest BCUT2D eigenvalue weighted by Crippen LogP contribution is 2.16. The second kappa shape index (κ2) is 6.44. The third-order valence-electron chi connectivity index (χ3n) is 3.68. The summed E-state index contributed by atoms with van der Waals surface area (Å²) in [5.74, 6) is 0.365. The molecule has 2 aromatic rings. The van der Waals surface area contributed by atoms with Gasteiger partial charge in [0.05, 0.1) is 6.33 Å². The Labute approximate surface area is 131 Å². The number of furan rings is 1. The molecule has 0 aliphatic carbocycles. The van der Waals surface area contributed by atoms with E-state index in [2.05, 4.69) is 30.4 Å². The van der Waals surface area contributed by atoms with Gasteiger partial charge in [-0.3, -0.25) is 9.69 Å². The van der Waals surface area contributed by atoms with E-state index in [1.54, 1.807) is 18.3 Å². The molecular formula is C14H17BrN4O2. The molecular weight excluding hydrogens is 336 g/mol. The van der Waals surface area contributed by atoms with E-state index in [0.29, 0.717) is 10.4 Å². The SMILES string of the molecule is O=C(c1ccc(Br)o1)N1CCN(CCn2ccnc2)CC1. The monoisotopic (exact) mass is 352 g/mol. The summed E-state index contributed by atoms with van der Waals surface area (Å²) in [6.45, 7) is 5.16. The molecule has 0 radical (unpaired) electrons. The fourth-order valence-corrected chi connectivity index (χ4v) is 2.74. The van der Waals surface area contributed by atoms with E-state index in [1.165, 1.54) is 0 Å². The molecule has 0 N–H and O–H groups in total. The molecule has 1 fully saturated rings. The lowest BCUT2D eigenvalue weighted by atomic mass is 10.3. The maximum atomic E-state index is 12.2. The summed E-state index contributed by atoms with van der Waals surface area (Å²) < 4.78 is 7.98. The third kappa shape index (κ3) is 3.54. The van der Waals surface area contributed by atoms with Gasteiger partial charge >= 0.3 is 0 Å². The number of imidazole rings is 1. The van der Waals surface area contributed by atoms with Crippen molar-refractivity contribution in [1.29, 1.82) is 0 Å². The molecule has 0 spiro atoms. The number of hydrogen-bond donors (Lipinski definition) is 0. The number of nitrogens with zero attached hydrogens (tertiary/aromatic N) is 4. The maximum absolute atomic E-state index is 12.2. The molecule has 0 unspecified atom stereocenters. The van der Waals surface area contributed by atoms with Crippen LogP contribution in [0, 0.1) is 0 Å². The van der Waals surface area contributed by atoms with Gasteiger partial charge in [0.15, 0.2) is 10.4 Å². The van der Waals surface area contributed by atoms with Gasteiger partial charge in [-0.2, -0.15) is 0 Å². The minimum Gasteiger partial charge on any atom is -0.444 e. The average molecular weight is 353 g/mol. The van der Waals surface area contributed by atoms with Crippen LogP contribution in [-0.2, 0) is 6.54 Å². The van der Waals surface area contributed by atoms with Crippen molar-refractivity contribution in [3.05, 3.63) is 41.3 Å². The first-order chi connectivity index (χ1) is 10.2. The largest absolute Gasteiger partial charge is 0.444 e. The summed E-state index contributed by atoms with van der Waals surface area (Å²) in [6, 6.07) is 3.45. The van der Waals surface area contributed by atoms with Crippen LogP contribution in [-0.4, -0.2) is 58.0 Å². The first-order valence-corrected chi connectivity index (χ1v) is 7.74. The number of amides is 1. The molecule has 0 saturated carbocycles. The molecule has 6 nitrogen and oxygen atoms in total. The van der Waals surface area contributed by atoms with Crippen molar-refractivity contribution in [1.82, 2.24) is 19.4 Å². The summed E-state index contributed by atoms with van der Waals surface area (Å²) in [6.07, 6.45) is 5.58. The van der Waals surface area contributed by atoms with E-state index >= 15 is 0 Å². The van der Waals surface area contributed by atoms with Gasteiger partial charge in [0, 0.05) is 51.7 Å². The lowest BCUT2D eigenvalue weighted by molar-refractivity contribution is 0.0601. The van der Waals surface area contributed by atoms with E-state index in [-0.39, 0.29) is 5.91 Å². The Morgan fingerprint density at radius 2 is 2.05 bits per heavy atom. The molecule has 1 saturated heterocycles. The van der Waals surface area contributed by atoms with Crippen LogP contribution in [0.15, 0.2) is 39.9 Å². The molecule has 0 bridgehead atoms. The minimum absolute atomic E-state index is 0.0324. The van der Waals surface area contributed by atoms with Crippen LogP contribution < -0.4 is 0 Å². The van der Waals surface area contributed by atoms with Crippen molar-refractivity contribution in [3.63, 3.8) is 0 Å². The third-order valence-corrected chi connectivity index (χ3v) is 4.10. The number of halogens is 1. The first-order valence-electron chi connectivity index (χ1n) is 6.95. The number of carbonyl (C=O) groups excluding carboxylic acids is 1. The smallest absolute Gasteiger partial charge is 0.289 e. The van der Waals surface area contributed by atoms with Gasteiger partial charge < -0.3 is 13.9 Å². The summed E-state index contributed by atoms with van der Waals surface area (Å²) in [5.41, 5.74) is 0. The molecule has 1 aliphatic rings. The summed E-state index contributed by atoms with van der Waals surface area (Å²) >= 11 is 3.22. The number of hydrogen-bond acceptors (Lipinski definition) is 4. The Morgan fingerprint density at radius 1 is 1.24 bits per heavy atom. The Kier molecular flexibility index (Phi) is 4.40. The second-order valence-corrected chi connectivity index (χ2v) is 5.82. The van der Waals surface area contributed by atoms with Crippen LogP contribution in [0.3, 0.4) is 0 Å². The molecule has 3 rings (SSSR count). The number of carbonyl (C=O) groups is 1. The van der Waals surface area contributed by atoms with Crippen molar-refractivity contribution in [2.45, 2.75) is 6.54 Å². The molecule has 0 atom stereocenters. The van der Waals surface area contributed by atoms with Gasteiger partial charge in [0.25, 0.3) is 5.91 Å². The van der Waals surface area contributed by atoms with E-state index < -0.39 is 0 Å². The van der Waals surface area contributed by atoms with Crippen molar-refractivity contribution >= 4 is 21.8 Å². The molecule has 1 aliphatic heterocycles. The van der Waals surface area contributed by atoms with Crippen LogP contribution in [0.25, 0.3) is 0 Å². The molecule has 3 heterocycles. The van der Waals surface area contributed by atoms with Crippen molar-refractivity contribution in [2.75, 3.05) is 32.7 Å². The van der Waals surface area contributed by atoms with E-state index in [9.17, 15) is 4.79 Å². The Balaban J connectivity index is 1.47. The summed E-state index contributed by atoms with van der Waals surface area (Å²) in [5, 5.41) is 0. The van der Waals surface area contributed by atoms with Gasteiger partial charge in [-0.05, 0) is 28.1 Å². The Bertz CT molecular complexity index is 588. The van der Waals surface area contributed by atoms with Crippen LogP contribution in [0.5, 0.6) is 0 Å². The molecule has 112 valence electrons. The van der Waals surface area contributed by atoms with Gasteiger partial charge in [-0.15, -0.1) is 0 Å². The van der Waals surface area contributed by atoms with Crippen molar-refractivity contribution < 1.29 is 9.21 Å². The van der Waals surface area contributed by atoms with Gasteiger partial charge in [-0.1, -0.05) is 0 Å². The zero-order valence-corrected chi connectivity index (χ0v) is 13.2. The first kappa shape index (κ1) is 14.3. The van der Waals surface area contributed by atoms with Crippen LogP contribution in [0.1, 0.15) is 10.6 Å². The van der Waals surface area contributed by atoms with Crippen molar-refractivity contribution in [2.24, 2.45) is 0 Å². The van der Waals surface area contributed by atoms with Gasteiger partial charge in [0.2, 0.25) is 0 Å². The fourth-order valence-electron chi connectivity index (χ4n) is 2.44. The standard InChI is InChI=1S/C14H17BrN4O2/c15-13-2-1-12(21-13)14(20)19-9-7-17(8-10-19)5-6-18-4-3-16-11-18/h1-4,11H,5-10H2. The highest BCUT2D eigenvalue weighted by Gasteiger charge is 2.23. The normalized spacial score (nSPS) is 16.3. The number of piperazine rings is 1. The zero-order chi connectivity index (χ0) is 14.7. The fraction of sp³-hybridized carbons (Fsp3) is 0.429. The molecule has 2 aromatic heterocycles. The molecule has 21 heavy (non-hydrogen) atoms. The average Bonchev–Trinajstić information content (AvgIpc) is 3.16. The molecule has 1 amide bonds. The van der Waals surface area contributed by atoms with Gasteiger partial charge in [-0.25, -0.2) is 4.98 Å². The van der Waals surface area contributed by atoms with E-state index in [1.807, 2.05) is 17.4 Å². The lowest BCUT2D eigenvalue weighted by Gasteiger charge is -2.34. The zero-order valence-electron chi connectivity index (χ0n) is 11.6. The van der Waals surface area contributed by atoms with E-state index in [0.717, 1.165) is 39.3 Å². The quantitative estimate of drug-likeness (QED) is 0.840. The summed E-state index contributed by atoms with van der Waals surface area (Å²) in [4.78, 5) is 20.5. The lowest BCUT2D eigenvalue weighted by Crippen LogP contribution is -2.49. The van der Waals surface area contributed by atoms with Gasteiger partial charge in [0.1, 0.15) is 0 Å². The van der Waals surface area contributed by atoms with E-state index in [4.69, 9.17) is 4.42 Å². The highest BCUT2D eigenvalue weighted by molar-refractivity contribution is 9.10. The Hall–Kier alpha value is -1.60. The van der Waals surface area contributed by atoms with Crippen LogP contribution in [0.2, 0.25) is 0 Å². The minimum atomic E-state index is -0.0324. The van der Waals surface area contributed by atoms with Crippen LogP contribution in [0.4, 0.5) is 0 Å². The second-order valence-electron chi connectivity index (χ2n) is 5.04.